The molecular weight excluding hydrogens is 560 g/mol. The molecule has 20 nitrogen and oxygen atoms in total. The van der Waals surface area contributed by atoms with E-state index in [1.54, 1.807) is 0 Å². The Morgan fingerprint density at radius 2 is 1.07 bits per heavy atom. The highest BCUT2D eigenvalue weighted by molar-refractivity contribution is 5.81. The molecule has 0 saturated carbocycles. The first-order valence-electron chi connectivity index (χ1n) is 12.7. The van der Waals surface area contributed by atoms with Crippen LogP contribution in [0.3, 0.4) is 0 Å². The van der Waals surface area contributed by atoms with Crippen molar-refractivity contribution < 1.29 is 40.1 Å². The van der Waals surface area contributed by atoms with Gasteiger partial charge in [0.15, 0.2) is 35.4 Å². The summed E-state index contributed by atoms with van der Waals surface area (Å²) in [6.45, 7) is -1.08. The Balaban J connectivity index is 0.000000168. The summed E-state index contributed by atoms with van der Waals surface area (Å²) >= 11 is 0. The van der Waals surface area contributed by atoms with Crippen molar-refractivity contribution in [3.8, 4) is 0 Å². The molecule has 0 amide bonds. The molecule has 228 valence electrons. The highest BCUT2D eigenvalue weighted by Gasteiger charge is 2.47. The number of ether oxygens (including phenoxy) is 2. The Kier molecular flexibility index (Phi) is 8.43. The lowest BCUT2D eigenvalue weighted by atomic mass is 10.0. The van der Waals surface area contributed by atoms with Crippen LogP contribution in [0.1, 0.15) is 12.5 Å². The van der Waals surface area contributed by atoms with E-state index in [0.717, 1.165) is 0 Å². The number of anilines is 2. The van der Waals surface area contributed by atoms with E-state index in [0.29, 0.717) is 22.3 Å². The molecule has 4 aromatic heterocycles. The number of rotatable bonds is 6. The van der Waals surface area contributed by atoms with Crippen molar-refractivity contribution in [3.63, 3.8) is 0 Å². The Hall–Kier alpha value is -3.70. The summed E-state index contributed by atoms with van der Waals surface area (Å²) in [6.07, 6.45) is -2.85. The second-order valence-electron chi connectivity index (χ2n) is 9.78. The van der Waals surface area contributed by atoms with E-state index in [2.05, 4.69) is 29.9 Å². The van der Waals surface area contributed by atoms with Crippen LogP contribution in [0, 0.1) is 0 Å². The first-order valence-corrected chi connectivity index (χ1v) is 12.7. The lowest BCUT2D eigenvalue weighted by molar-refractivity contribution is -0.0950. The first kappa shape index (κ1) is 29.8. The molecule has 10 atom stereocenters. The third kappa shape index (κ3) is 5.09. The van der Waals surface area contributed by atoms with Gasteiger partial charge in [0.25, 0.3) is 0 Å². The smallest absolute Gasteiger partial charge is 0.167 e. The van der Waals surface area contributed by atoms with Crippen LogP contribution in [0.15, 0.2) is 25.3 Å². The van der Waals surface area contributed by atoms with Crippen molar-refractivity contribution in [2.24, 2.45) is 11.5 Å². The molecule has 0 aromatic carbocycles. The van der Waals surface area contributed by atoms with Crippen molar-refractivity contribution >= 4 is 34.0 Å². The van der Waals surface area contributed by atoms with Crippen molar-refractivity contribution in [1.82, 2.24) is 39.0 Å². The number of nitrogens with two attached hydrogens (primary N) is 4. The second-order valence-corrected chi connectivity index (χ2v) is 9.78. The number of aliphatic hydroxyl groups is 6. The molecule has 0 bridgehead atoms. The van der Waals surface area contributed by atoms with Gasteiger partial charge in [-0.05, 0) is 0 Å². The van der Waals surface area contributed by atoms with Gasteiger partial charge >= 0.3 is 0 Å². The minimum Gasteiger partial charge on any atom is -0.394 e. The second kappa shape index (κ2) is 11.9. The SMILES string of the molecule is Nc1ncnc2c1ncn2C1OC(C(O)CO)C(O)C1N.Nc1ncnc2c1ncn2C1OC(C(O)CO)C(O)C1N. The van der Waals surface area contributed by atoms with E-state index >= 15 is 0 Å². The summed E-state index contributed by atoms with van der Waals surface area (Å²) < 4.78 is 14.2. The molecule has 4 aromatic rings. The lowest BCUT2D eigenvalue weighted by Crippen LogP contribution is -2.43. The standard InChI is InChI=1S/2C11H16N6O4/c2*12-5-7(20)8(4(19)1-18)21-11(5)17-3-16-6-9(13)14-2-15-10(6)17/h2*2-5,7-8,11,18-20H,1,12H2,(H2,13,14,15). The zero-order valence-corrected chi connectivity index (χ0v) is 21.9. The van der Waals surface area contributed by atoms with Crippen LogP contribution in [0.4, 0.5) is 11.6 Å². The molecule has 10 unspecified atom stereocenters. The molecule has 42 heavy (non-hydrogen) atoms. The van der Waals surface area contributed by atoms with E-state index in [-0.39, 0.29) is 11.6 Å². The molecule has 20 heteroatoms. The van der Waals surface area contributed by atoms with Gasteiger partial charge in [0.2, 0.25) is 0 Å². The Bertz CT molecular complexity index is 1410. The summed E-state index contributed by atoms with van der Waals surface area (Å²) in [5, 5.41) is 57.4. The molecule has 0 aliphatic carbocycles. The summed E-state index contributed by atoms with van der Waals surface area (Å²) in [5.41, 5.74) is 24.9. The normalized spacial score (nSPS) is 30.9. The quantitative estimate of drug-likeness (QED) is 0.0998. The average Bonchev–Trinajstić information content (AvgIpc) is 3.75. The third-order valence-electron chi connectivity index (χ3n) is 7.17. The van der Waals surface area contributed by atoms with Gasteiger partial charge in [0.05, 0.1) is 38.0 Å². The number of nitrogen functional groups attached to an aromatic ring is 2. The predicted octanol–water partition coefficient (Wildman–Crippen LogP) is -5.31. The summed E-state index contributed by atoms with van der Waals surface area (Å²) in [5.74, 6) is 0.440. The lowest BCUT2D eigenvalue weighted by Gasteiger charge is -2.19. The number of hydrogen-bond acceptors (Lipinski definition) is 18. The number of aliphatic hydroxyl groups excluding tert-OH is 6. The van der Waals surface area contributed by atoms with Crippen molar-refractivity contribution in [1.29, 1.82) is 0 Å². The molecule has 2 aliphatic rings. The van der Waals surface area contributed by atoms with Gasteiger partial charge in [-0.15, -0.1) is 0 Å². The zero-order valence-electron chi connectivity index (χ0n) is 21.9. The first-order chi connectivity index (χ1) is 20.1. The number of nitrogens with zero attached hydrogens (tertiary/aromatic N) is 8. The van der Waals surface area contributed by atoms with E-state index in [1.165, 1.54) is 34.4 Å². The minimum absolute atomic E-state index is 0.220. The van der Waals surface area contributed by atoms with Gasteiger partial charge in [-0.25, -0.2) is 29.9 Å². The van der Waals surface area contributed by atoms with Gasteiger partial charge < -0.3 is 63.0 Å². The van der Waals surface area contributed by atoms with Crippen LogP contribution in [0.5, 0.6) is 0 Å². The van der Waals surface area contributed by atoms with Gasteiger partial charge in [-0.1, -0.05) is 0 Å². The molecule has 0 spiro atoms. The number of hydrogen-bond donors (Lipinski definition) is 10. The molecule has 2 saturated heterocycles. The van der Waals surface area contributed by atoms with E-state index in [4.69, 9.17) is 42.6 Å². The van der Waals surface area contributed by atoms with Crippen molar-refractivity contribution in [2.75, 3.05) is 24.7 Å². The number of aromatic nitrogens is 8. The third-order valence-corrected chi connectivity index (χ3v) is 7.17. The van der Waals surface area contributed by atoms with Crippen molar-refractivity contribution in [2.45, 2.75) is 61.2 Å². The van der Waals surface area contributed by atoms with E-state index in [9.17, 15) is 20.4 Å². The zero-order chi connectivity index (χ0) is 30.3. The molecule has 14 N–H and O–H groups in total. The van der Waals surface area contributed by atoms with Crippen LogP contribution < -0.4 is 22.9 Å². The Labute approximate surface area is 236 Å². The largest absolute Gasteiger partial charge is 0.394 e. The fourth-order valence-corrected chi connectivity index (χ4v) is 4.90. The Morgan fingerprint density at radius 3 is 1.43 bits per heavy atom. The van der Waals surface area contributed by atoms with Crippen LogP contribution >= 0.6 is 0 Å². The van der Waals surface area contributed by atoms with Gasteiger partial charge in [-0.2, -0.15) is 0 Å². The fourth-order valence-electron chi connectivity index (χ4n) is 4.90. The average molecular weight is 593 g/mol. The maximum absolute atomic E-state index is 10.0. The van der Waals surface area contributed by atoms with Crippen LogP contribution in [-0.2, 0) is 9.47 Å². The topological polar surface area (TPSA) is 331 Å². The minimum atomic E-state index is -1.23. The highest BCUT2D eigenvalue weighted by Crippen LogP contribution is 2.33. The summed E-state index contributed by atoms with van der Waals surface area (Å²) in [4.78, 5) is 24.0. The highest BCUT2D eigenvalue weighted by atomic mass is 16.6. The maximum atomic E-state index is 10.0. The van der Waals surface area contributed by atoms with Gasteiger partial charge in [0, 0.05) is 0 Å². The Morgan fingerprint density at radius 1 is 0.690 bits per heavy atom. The summed E-state index contributed by atoms with van der Waals surface area (Å²) in [6, 6.07) is -1.63. The predicted molar refractivity (Wildman–Crippen MR) is 141 cm³/mol. The number of imidazole rings is 2. The maximum Gasteiger partial charge on any atom is 0.167 e. The van der Waals surface area contributed by atoms with Gasteiger partial charge in [0.1, 0.15) is 60.3 Å². The molecule has 6 rings (SSSR count). The van der Waals surface area contributed by atoms with Gasteiger partial charge in [-0.3, -0.25) is 9.13 Å². The molecule has 0 radical (unpaired) electrons. The van der Waals surface area contributed by atoms with Crippen LogP contribution in [0.25, 0.3) is 22.3 Å². The molecule has 2 aliphatic heterocycles. The number of fused-ring (bicyclic) bond motifs is 2. The molecular formula is C22H32N12O8. The van der Waals surface area contributed by atoms with E-state index < -0.39 is 74.4 Å². The monoisotopic (exact) mass is 592 g/mol. The van der Waals surface area contributed by atoms with Crippen LogP contribution in [-0.4, -0.2) is 132 Å². The summed E-state index contributed by atoms with van der Waals surface area (Å²) in [7, 11) is 0. The van der Waals surface area contributed by atoms with Crippen LogP contribution in [0.2, 0.25) is 0 Å². The fraction of sp³-hybridized carbons (Fsp3) is 0.545. The molecule has 2 fully saturated rings. The molecule has 6 heterocycles. The van der Waals surface area contributed by atoms with E-state index in [1.807, 2.05) is 0 Å². The van der Waals surface area contributed by atoms with Crippen molar-refractivity contribution in [3.05, 3.63) is 25.3 Å².